The second-order valence-corrected chi connectivity index (χ2v) is 6.50. The van der Waals surface area contributed by atoms with E-state index in [0.29, 0.717) is 5.56 Å². The van der Waals surface area contributed by atoms with Crippen LogP contribution in [0.2, 0.25) is 0 Å². The van der Waals surface area contributed by atoms with Gasteiger partial charge in [0.15, 0.2) is 0 Å². The Morgan fingerprint density at radius 3 is 2.68 bits per heavy atom. The van der Waals surface area contributed by atoms with Crippen LogP contribution in [0.5, 0.6) is 0 Å². The van der Waals surface area contributed by atoms with Crippen molar-refractivity contribution in [3.8, 4) is 0 Å². The topological polar surface area (TPSA) is 102 Å². The van der Waals surface area contributed by atoms with Crippen LogP contribution in [0, 0.1) is 15.5 Å². The van der Waals surface area contributed by atoms with E-state index in [1.165, 1.54) is 6.07 Å². The van der Waals surface area contributed by atoms with Gasteiger partial charge < -0.3 is 0 Å². The summed E-state index contributed by atoms with van der Waals surface area (Å²) in [6.07, 6.45) is -0.814. The number of hydrogen-bond acceptors (Lipinski definition) is 6. The average Bonchev–Trinajstić information content (AvgIpc) is 2.33. The fourth-order valence-electron chi connectivity index (χ4n) is 1.99. The zero-order valence-electron chi connectivity index (χ0n) is 10.5. The fourth-order valence-corrected chi connectivity index (χ4v) is 3.23. The molecule has 1 aromatic rings. The number of nitrogens with zero attached hydrogens (tertiary/aromatic N) is 1. The van der Waals surface area contributed by atoms with Gasteiger partial charge in [-0.25, -0.2) is 0 Å². The largest absolute Gasteiger partial charge is 0.570 e. The summed E-state index contributed by atoms with van der Waals surface area (Å²) < 4.78 is 10.0. The second kappa shape index (κ2) is 4.77. The first-order chi connectivity index (χ1) is 8.73. The van der Waals surface area contributed by atoms with Crippen LogP contribution in [0.4, 0.5) is 5.69 Å². The lowest BCUT2D eigenvalue weighted by molar-refractivity contribution is -0.386. The van der Waals surface area contributed by atoms with Crippen LogP contribution in [0.25, 0.3) is 0 Å². The van der Waals surface area contributed by atoms with Gasteiger partial charge in [-0.1, -0.05) is 26.0 Å². The Kier molecular flexibility index (Phi) is 3.59. The molecule has 104 valence electrons. The van der Waals surface area contributed by atoms with Crippen molar-refractivity contribution >= 4 is 13.9 Å². The number of benzene rings is 1. The van der Waals surface area contributed by atoms with Crippen molar-refractivity contribution in [3.63, 3.8) is 0 Å². The maximum absolute atomic E-state index is 11.0. The van der Waals surface area contributed by atoms with Gasteiger partial charge in [-0.05, 0) is 6.07 Å². The predicted molar refractivity (Wildman–Crippen MR) is 68.0 cm³/mol. The first-order valence-corrected chi connectivity index (χ1v) is 7.17. The summed E-state index contributed by atoms with van der Waals surface area (Å²) >= 11 is 0. The van der Waals surface area contributed by atoms with Crippen LogP contribution in [0.15, 0.2) is 24.3 Å². The van der Waals surface area contributed by atoms with E-state index >= 15 is 0 Å². The molecule has 7 nitrogen and oxygen atoms in total. The van der Waals surface area contributed by atoms with Gasteiger partial charge in [0.05, 0.1) is 10.5 Å². The highest BCUT2D eigenvalue weighted by Gasteiger charge is 2.55. The lowest BCUT2D eigenvalue weighted by Crippen LogP contribution is -2.35. The van der Waals surface area contributed by atoms with Crippen LogP contribution in [0.3, 0.4) is 0 Å². The molecule has 1 unspecified atom stereocenters. The van der Waals surface area contributed by atoms with Gasteiger partial charge in [-0.15, -0.1) is 4.52 Å². The van der Waals surface area contributed by atoms with Crippen LogP contribution in [-0.4, -0.2) is 21.3 Å². The van der Waals surface area contributed by atoms with Crippen LogP contribution in [-0.2, 0) is 9.05 Å². The Morgan fingerprint density at radius 1 is 1.42 bits per heavy atom. The molecule has 0 radical (unpaired) electrons. The Morgan fingerprint density at radius 2 is 2.05 bits per heavy atom. The summed E-state index contributed by atoms with van der Waals surface area (Å²) in [6, 6.07) is 6.11. The lowest BCUT2D eigenvalue weighted by Gasteiger charge is -2.36. The van der Waals surface area contributed by atoms with E-state index in [0.717, 1.165) is 0 Å². The van der Waals surface area contributed by atoms with E-state index in [-0.39, 0.29) is 12.3 Å². The minimum Gasteiger partial charge on any atom is -0.258 e. The van der Waals surface area contributed by atoms with E-state index in [1.807, 2.05) is 0 Å². The number of para-hydroxylation sites is 1. The van der Waals surface area contributed by atoms with Crippen molar-refractivity contribution in [3.05, 3.63) is 39.9 Å². The summed E-state index contributed by atoms with van der Waals surface area (Å²) in [5.41, 5.74) is -0.406. The molecule has 2 N–H and O–H groups in total. The molecule has 1 saturated heterocycles. The van der Waals surface area contributed by atoms with E-state index in [2.05, 4.69) is 0 Å². The normalized spacial score (nSPS) is 24.9. The third-order valence-electron chi connectivity index (χ3n) is 2.97. The van der Waals surface area contributed by atoms with Gasteiger partial charge >= 0.3 is 8.17 Å². The maximum Gasteiger partial charge on any atom is 0.570 e. The molecule has 8 heteroatoms. The summed E-state index contributed by atoms with van der Waals surface area (Å²) in [5, 5.41) is 11.0. The van der Waals surface area contributed by atoms with Crippen LogP contribution in [0.1, 0.15) is 25.5 Å². The molecule has 0 aromatic heterocycles. The molecule has 0 spiro atoms. The Balaban J connectivity index is 2.46. The molecule has 0 saturated carbocycles. The van der Waals surface area contributed by atoms with Crippen molar-refractivity contribution in [1.29, 1.82) is 0 Å². The Labute approximate surface area is 110 Å². The number of hydrogen-bond donors (Lipinski definition) is 2. The standard InChI is InChI=1S/C11H15NO6P/c1-11(2)7-17-19(15,16)18-10(11)8-5-3-4-6-9(8)12(13)14/h3-6,10,15-16H,7H2,1-2H3/q+1. The second-order valence-electron chi connectivity index (χ2n) is 5.05. The minimum absolute atomic E-state index is 0.0461. The number of nitro benzene ring substituents is 1. The molecule has 0 aliphatic carbocycles. The molecule has 1 atom stereocenters. The molecule has 0 bridgehead atoms. The highest BCUT2D eigenvalue weighted by atomic mass is 31.2. The predicted octanol–water partition coefficient (Wildman–Crippen LogP) is 2.37. The molecule has 1 aliphatic rings. The maximum atomic E-state index is 11.0. The zero-order valence-corrected chi connectivity index (χ0v) is 11.4. The molecular formula is C11H15NO6P+. The van der Waals surface area contributed by atoms with Crippen molar-refractivity contribution in [2.75, 3.05) is 6.61 Å². The van der Waals surface area contributed by atoms with E-state index in [9.17, 15) is 19.9 Å². The van der Waals surface area contributed by atoms with Gasteiger partial charge in [0.25, 0.3) is 5.69 Å². The molecule has 1 aliphatic heterocycles. The van der Waals surface area contributed by atoms with Crippen molar-refractivity contribution in [2.45, 2.75) is 20.0 Å². The third kappa shape index (κ3) is 2.91. The Hall–Kier alpha value is -1.11. The average molecular weight is 288 g/mol. The SMILES string of the molecule is CC1(C)CO[P+](O)(O)OC1c1ccccc1[N+](=O)[O-]. The molecule has 1 heterocycles. The van der Waals surface area contributed by atoms with E-state index < -0.39 is 24.6 Å². The molecule has 0 amide bonds. The summed E-state index contributed by atoms with van der Waals surface area (Å²) in [7, 11) is -3.91. The van der Waals surface area contributed by atoms with Crippen molar-refractivity contribution in [2.24, 2.45) is 5.41 Å². The molecule has 1 aromatic carbocycles. The van der Waals surface area contributed by atoms with Crippen molar-refractivity contribution in [1.82, 2.24) is 0 Å². The molecule has 19 heavy (non-hydrogen) atoms. The lowest BCUT2D eigenvalue weighted by atomic mass is 9.83. The Bertz CT molecular complexity index is 504. The zero-order chi connectivity index (χ0) is 14.3. The smallest absolute Gasteiger partial charge is 0.258 e. The van der Waals surface area contributed by atoms with Gasteiger partial charge in [0.1, 0.15) is 12.7 Å². The molecule has 2 rings (SSSR count). The summed E-state index contributed by atoms with van der Waals surface area (Å²) in [4.78, 5) is 29.6. The van der Waals surface area contributed by atoms with Gasteiger partial charge in [0, 0.05) is 11.5 Å². The van der Waals surface area contributed by atoms with Gasteiger partial charge in [-0.3, -0.25) is 10.1 Å². The number of nitro groups is 1. The van der Waals surface area contributed by atoms with E-state index in [4.69, 9.17) is 9.05 Å². The van der Waals surface area contributed by atoms with E-state index in [1.54, 1.807) is 32.0 Å². The van der Waals surface area contributed by atoms with Crippen LogP contribution < -0.4 is 0 Å². The fraction of sp³-hybridized carbons (Fsp3) is 0.455. The molecular weight excluding hydrogens is 273 g/mol. The van der Waals surface area contributed by atoms with Gasteiger partial charge in [0.2, 0.25) is 0 Å². The highest BCUT2D eigenvalue weighted by Crippen LogP contribution is 2.64. The highest BCUT2D eigenvalue weighted by molar-refractivity contribution is 7.54. The number of rotatable bonds is 2. The summed E-state index contributed by atoms with van der Waals surface area (Å²) in [5.74, 6) is 0. The molecule has 1 fully saturated rings. The van der Waals surface area contributed by atoms with Crippen LogP contribution >= 0.6 is 8.17 Å². The first-order valence-electron chi connectivity index (χ1n) is 5.64. The minimum atomic E-state index is -3.91. The third-order valence-corrected chi connectivity index (χ3v) is 3.92. The summed E-state index contributed by atoms with van der Waals surface area (Å²) in [6.45, 7) is 3.62. The quantitative estimate of drug-likeness (QED) is 0.492. The monoisotopic (exact) mass is 288 g/mol. The first kappa shape index (κ1) is 14.3. The van der Waals surface area contributed by atoms with Crippen molar-refractivity contribution < 1.29 is 23.8 Å². The van der Waals surface area contributed by atoms with Gasteiger partial charge in [-0.2, -0.15) is 14.3 Å².